The van der Waals surface area contributed by atoms with Gasteiger partial charge in [-0.3, -0.25) is 0 Å². The van der Waals surface area contributed by atoms with Gasteiger partial charge in [0.2, 0.25) is 0 Å². The Kier molecular flexibility index (Phi) is 5.19. The molecule has 1 heterocycles. The Morgan fingerprint density at radius 3 is 2.90 bits per heavy atom. The zero-order valence-corrected chi connectivity index (χ0v) is 12.7. The van der Waals surface area contributed by atoms with Crippen molar-refractivity contribution in [3.05, 3.63) is 11.1 Å². The van der Waals surface area contributed by atoms with Crippen molar-refractivity contribution in [1.29, 1.82) is 0 Å². The molecule has 1 saturated carbocycles. The second kappa shape index (κ2) is 6.90. The van der Waals surface area contributed by atoms with Gasteiger partial charge in [-0.15, -0.1) is 11.3 Å². The molecule has 112 valence electrons. The number of hydrogen-bond donors (Lipinski definition) is 3. The maximum atomic E-state index is 11.8. The third kappa shape index (κ3) is 4.08. The van der Waals surface area contributed by atoms with Gasteiger partial charge >= 0.3 is 6.03 Å². The zero-order valence-electron chi connectivity index (χ0n) is 11.9. The summed E-state index contributed by atoms with van der Waals surface area (Å²) in [4.78, 5) is 18.1. The largest absolute Gasteiger partial charge is 0.391 e. The Morgan fingerprint density at radius 1 is 1.50 bits per heavy atom. The number of aliphatic hydroxyl groups excluding tert-OH is 1. The van der Waals surface area contributed by atoms with Crippen LogP contribution in [0.1, 0.15) is 31.4 Å². The van der Waals surface area contributed by atoms with E-state index in [-0.39, 0.29) is 12.1 Å². The number of thiazole rings is 1. The number of amides is 2. The molecule has 1 aliphatic rings. The van der Waals surface area contributed by atoms with Crippen molar-refractivity contribution in [1.82, 2.24) is 15.6 Å². The van der Waals surface area contributed by atoms with Crippen molar-refractivity contribution in [3.63, 3.8) is 0 Å². The van der Waals surface area contributed by atoms with Crippen LogP contribution >= 0.6 is 11.3 Å². The fourth-order valence-electron chi connectivity index (χ4n) is 2.25. The molecule has 7 heteroatoms. The van der Waals surface area contributed by atoms with Gasteiger partial charge in [-0.25, -0.2) is 9.78 Å². The second-order valence-electron chi connectivity index (χ2n) is 5.30. The van der Waals surface area contributed by atoms with E-state index in [2.05, 4.69) is 15.6 Å². The first kappa shape index (κ1) is 15.1. The van der Waals surface area contributed by atoms with Crippen molar-refractivity contribution in [2.75, 3.05) is 19.0 Å². The number of nitrogens with one attached hydrogen (secondary N) is 2. The highest BCUT2D eigenvalue weighted by atomic mass is 32.1. The summed E-state index contributed by atoms with van der Waals surface area (Å²) in [7, 11) is 3.88. The molecular weight excluding hydrogens is 276 g/mol. The molecule has 2 rings (SSSR count). The van der Waals surface area contributed by atoms with E-state index in [9.17, 15) is 9.90 Å². The number of hydrogen-bond acceptors (Lipinski definition) is 5. The van der Waals surface area contributed by atoms with Crippen molar-refractivity contribution >= 4 is 22.5 Å². The van der Waals surface area contributed by atoms with Gasteiger partial charge in [0.15, 0.2) is 5.13 Å². The van der Waals surface area contributed by atoms with Crippen LogP contribution in [0.2, 0.25) is 0 Å². The van der Waals surface area contributed by atoms with E-state index in [1.807, 2.05) is 24.4 Å². The molecule has 1 aliphatic carbocycles. The maximum Gasteiger partial charge on any atom is 0.315 e. The van der Waals surface area contributed by atoms with Crippen LogP contribution in [-0.2, 0) is 6.54 Å². The predicted octanol–water partition coefficient (Wildman–Crippen LogP) is 1.31. The monoisotopic (exact) mass is 298 g/mol. The first-order valence-corrected chi connectivity index (χ1v) is 7.78. The molecule has 0 radical (unpaired) electrons. The lowest BCUT2D eigenvalue weighted by Crippen LogP contribution is -2.48. The van der Waals surface area contributed by atoms with Crippen LogP contribution in [0.25, 0.3) is 0 Å². The summed E-state index contributed by atoms with van der Waals surface area (Å²) in [5.41, 5.74) is 0.845. The number of nitrogens with zero attached hydrogens (tertiary/aromatic N) is 2. The molecule has 0 aliphatic heterocycles. The van der Waals surface area contributed by atoms with Crippen LogP contribution < -0.4 is 15.5 Å². The van der Waals surface area contributed by atoms with Gasteiger partial charge in [-0.2, -0.15) is 0 Å². The highest BCUT2D eigenvalue weighted by Crippen LogP contribution is 2.19. The van der Waals surface area contributed by atoms with Gasteiger partial charge < -0.3 is 20.6 Å². The Hall–Kier alpha value is -1.34. The molecule has 0 spiro atoms. The quantitative estimate of drug-likeness (QED) is 0.783. The fraction of sp³-hybridized carbons (Fsp3) is 0.692. The molecule has 2 amide bonds. The van der Waals surface area contributed by atoms with Crippen LogP contribution in [-0.4, -0.2) is 42.4 Å². The Bertz CT molecular complexity index is 449. The minimum absolute atomic E-state index is 0.128. The smallest absolute Gasteiger partial charge is 0.315 e. The average molecular weight is 298 g/mol. The summed E-state index contributed by atoms with van der Waals surface area (Å²) in [5, 5.41) is 18.3. The van der Waals surface area contributed by atoms with Crippen LogP contribution in [0.4, 0.5) is 9.93 Å². The van der Waals surface area contributed by atoms with Crippen LogP contribution in [0.3, 0.4) is 0 Å². The second-order valence-corrected chi connectivity index (χ2v) is 6.14. The average Bonchev–Trinajstić information content (AvgIpc) is 2.88. The standard InChI is InChI=1S/C13H22N4O2S/c1-17(2)13-15-9(8-20-13)7-14-12(19)16-10-5-3-4-6-11(10)18/h8,10-11,18H,3-7H2,1-2H3,(H2,14,16,19). The first-order valence-electron chi connectivity index (χ1n) is 6.90. The lowest BCUT2D eigenvalue weighted by molar-refractivity contribution is 0.0943. The molecular formula is C13H22N4O2S. The van der Waals surface area contributed by atoms with Crippen molar-refractivity contribution in [3.8, 4) is 0 Å². The molecule has 0 saturated heterocycles. The van der Waals surface area contributed by atoms with E-state index in [1.165, 1.54) is 0 Å². The number of carbonyl (C=O) groups is 1. The van der Waals surface area contributed by atoms with Crippen LogP contribution in [0, 0.1) is 0 Å². The minimum Gasteiger partial charge on any atom is -0.391 e. The molecule has 0 aromatic carbocycles. The molecule has 1 aromatic heterocycles. The van der Waals surface area contributed by atoms with Gasteiger partial charge in [-0.05, 0) is 12.8 Å². The highest BCUT2D eigenvalue weighted by Gasteiger charge is 2.24. The summed E-state index contributed by atoms with van der Waals surface area (Å²) >= 11 is 1.55. The predicted molar refractivity (Wildman–Crippen MR) is 80.1 cm³/mol. The van der Waals surface area contributed by atoms with Crippen molar-refractivity contribution in [2.45, 2.75) is 44.4 Å². The van der Waals surface area contributed by atoms with Crippen LogP contribution in [0.15, 0.2) is 5.38 Å². The molecule has 1 fully saturated rings. The van der Waals surface area contributed by atoms with Gasteiger partial charge in [-0.1, -0.05) is 12.8 Å². The SMILES string of the molecule is CN(C)c1nc(CNC(=O)NC2CCCCC2O)cs1. The summed E-state index contributed by atoms with van der Waals surface area (Å²) in [5.74, 6) is 0. The third-order valence-corrected chi connectivity index (χ3v) is 4.46. The highest BCUT2D eigenvalue weighted by molar-refractivity contribution is 7.13. The van der Waals surface area contributed by atoms with Gasteiger partial charge in [0, 0.05) is 19.5 Å². The van der Waals surface area contributed by atoms with E-state index in [4.69, 9.17) is 0 Å². The molecule has 3 N–H and O–H groups in total. The summed E-state index contributed by atoms with van der Waals surface area (Å²) in [6.07, 6.45) is 3.28. The summed E-state index contributed by atoms with van der Waals surface area (Å²) in [6.45, 7) is 0.402. The van der Waals surface area contributed by atoms with Crippen molar-refractivity contribution in [2.24, 2.45) is 0 Å². The van der Waals surface area contributed by atoms with Gasteiger partial charge in [0.1, 0.15) is 0 Å². The number of aliphatic hydroxyl groups is 1. The molecule has 2 unspecified atom stereocenters. The fourth-order valence-corrected chi connectivity index (χ4v) is 3.01. The minimum atomic E-state index is -0.422. The number of rotatable bonds is 4. The number of anilines is 1. The molecule has 6 nitrogen and oxygen atoms in total. The molecule has 20 heavy (non-hydrogen) atoms. The van der Waals surface area contributed by atoms with E-state index < -0.39 is 6.10 Å². The summed E-state index contributed by atoms with van der Waals surface area (Å²) < 4.78 is 0. The van der Waals surface area contributed by atoms with Gasteiger partial charge in [0.05, 0.1) is 24.4 Å². The normalized spacial score (nSPS) is 22.4. The number of aromatic nitrogens is 1. The van der Waals surface area contributed by atoms with E-state index in [1.54, 1.807) is 11.3 Å². The lowest BCUT2D eigenvalue weighted by atomic mass is 9.93. The number of urea groups is 1. The van der Waals surface area contributed by atoms with E-state index >= 15 is 0 Å². The van der Waals surface area contributed by atoms with Gasteiger partial charge in [0.25, 0.3) is 0 Å². The van der Waals surface area contributed by atoms with E-state index in [0.29, 0.717) is 6.54 Å². The third-order valence-electron chi connectivity index (χ3n) is 3.40. The molecule has 2 atom stereocenters. The zero-order chi connectivity index (χ0) is 14.5. The first-order chi connectivity index (χ1) is 9.56. The van der Waals surface area contributed by atoms with E-state index in [0.717, 1.165) is 36.5 Å². The Labute approximate surface area is 123 Å². The van der Waals surface area contributed by atoms with Crippen LogP contribution in [0.5, 0.6) is 0 Å². The molecule has 0 bridgehead atoms. The Morgan fingerprint density at radius 2 is 2.25 bits per heavy atom. The summed E-state index contributed by atoms with van der Waals surface area (Å²) in [6, 6.07) is -0.369. The molecule has 1 aromatic rings. The number of carbonyl (C=O) groups excluding carboxylic acids is 1. The van der Waals surface area contributed by atoms with Crippen molar-refractivity contribution < 1.29 is 9.90 Å². The Balaban J connectivity index is 1.76. The lowest BCUT2D eigenvalue weighted by Gasteiger charge is -2.28. The maximum absolute atomic E-state index is 11.8. The topological polar surface area (TPSA) is 77.5 Å².